The predicted molar refractivity (Wildman–Crippen MR) is 112 cm³/mol. The van der Waals surface area contributed by atoms with Crippen LogP contribution < -0.4 is 5.73 Å². The predicted octanol–water partition coefficient (Wildman–Crippen LogP) is 3.29. The van der Waals surface area contributed by atoms with Crippen molar-refractivity contribution in [2.75, 3.05) is 26.2 Å². The SMILES string of the molecule is CC(C)C(C(=O)N1C[C@@H](N)[C@H](c2ccccc2)C1)N1CCCCC1.Cl.Cl. The third-order valence-corrected chi connectivity index (χ3v) is 5.57. The molecular weight excluding hydrogens is 369 g/mol. The van der Waals surface area contributed by atoms with Crippen molar-refractivity contribution in [1.82, 2.24) is 9.80 Å². The second-order valence-electron chi connectivity index (χ2n) is 7.71. The van der Waals surface area contributed by atoms with Crippen LogP contribution in [-0.2, 0) is 4.79 Å². The van der Waals surface area contributed by atoms with E-state index in [2.05, 4.69) is 43.0 Å². The highest BCUT2D eigenvalue weighted by Gasteiger charge is 2.39. The molecule has 2 fully saturated rings. The van der Waals surface area contributed by atoms with E-state index in [0.29, 0.717) is 12.5 Å². The number of piperidine rings is 1. The van der Waals surface area contributed by atoms with Crippen molar-refractivity contribution in [3.05, 3.63) is 35.9 Å². The minimum Gasteiger partial charge on any atom is -0.339 e. The van der Waals surface area contributed by atoms with Crippen molar-refractivity contribution >= 4 is 30.7 Å². The molecule has 0 bridgehead atoms. The van der Waals surface area contributed by atoms with E-state index < -0.39 is 0 Å². The number of nitrogens with two attached hydrogens (primary N) is 1. The van der Waals surface area contributed by atoms with Crippen LogP contribution in [0.25, 0.3) is 0 Å². The van der Waals surface area contributed by atoms with Crippen LogP contribution in [0.15, 0.2) is 30.3 Å². The van der Waals surface area contributed by atoms with Gasteiger partial charge in [-0.1, -0.05) is 50.6 Å². The van der Waals surface area contributed by atoms with E-state index in [1.54, 1.807) is 0 Å². The lowest BCUT2D eigenvalue weighted by Gasteiger charge is -2.38. The molecule has 2 N–H and O–H groups in total. The summed E-state index contributed by atoms with van der Waals surface area (Å²) in [5.41, 5.74) is 7.64. The molecule has 1 unspecified atom stereocenters. The molecule has 0 spiro atoms. The average molecular weight is 402 g/mol. The summed E-state index contributed by atoms with van der Waals surface area (Å²) in [5, 5.41) is 0. The van der Waals surface area contributed by atoms with Crippen molar-refractivity contribution in [2.24, 2.45) is 11.7 Å². The van der Waals surface area contributed by atoms with Gasteiger partial charge in [-0.3, -0.25) is 9.69 Å². The van der Waals surface area contributed by atoms with Crippen LogP contribution in [0, 0.1) is 5.92 Å². The highest BCUT2D eigenvalue weighted by Crippen LogP contribution is 2.28. The third-order valence-electron chi connectivity index (χ3n) is 5.57. The molecule has 2 aliphatic rings. The van der Waals surface area contributed by atoms with Crippen LogP contribution in [0.5, 0.6) is 0 Å². The molecule has 1 aromatic rings. The van der Waals surface area contributed by atoms with Gasteiger partial charge < -0.3 is 10.6 Å². The summed E-state index contributed by atoms with van der Waals surface area (Å²) in [4.78, 5) is 17.7. The first-order valence-corrected chi connectivity index (χ1v) is 9.41. The zero-order valence-electron chi connectivity index (χ0n) is 15.8. The first-order valence-electron chi connectivity index (χ1n) is 9.41. The average Bonchev–Trinajstić information content (AvgIpc) is 2.98. The molecule has 148 valence electrons. The van der Waals surface area contributed by atoms with Crippen LogP contribution in [0.1, 0.15) is 44.6 Å². The van der Waals surface area contributed by atoms with Gasteiger partial charge >= 0.3 is 0 Å². The van der Waals surface area contributed by atoms with Gasteiger partial charge in [0, 0.05) is 25.0 Å². The number of hydrogen-bond donors (Lipinski definition) is 1. The fraction of sp³-hybridized carbons (Fsp3) is 0.650. The number of halogens is 2. The Labute approximate surface area is 170 Å². The normalized spacial score (nSPS) is 24.7. The number of likely N-dealkylation sites (tertiary alicyclic amines) is 2. The minimum absolute atomic E-state index is 0. The number of amides is 1. The second-order valence-corrected chi connectivity index (χ2v) is 7.71. The van der Waals surface area contributed by atoms with Crippen LogP contribution in [0.2, 0.25) is 0 Å². The van der Waals surface area contributed by atoms with Crippen LogP contribution in [0.3, 0.4) is 0 Å². The number of carbonyl (C=O) groups is 1. The Balaban J connectivity index is 0.00000169. The van der Waals surface area contributed by atoms with Gasteiger partial charge in [-0.2, -0.15) is 0 Å². The molecule has 2 saturated heterocycles. The molecule has 2 heterocycles. The molecule has 0 radical (unpaired) electrons. The summed E-state index contributed by atoms with van der Waals surface area (Å²) in [7, 11) is 0. The number of nitrogens with zero attached hydrogens (tertiary/aromatic N) is 2. The van der Waals surface area contributed by atoms with E-state index in [-0.39, 0.29) is 48.7 Å². The van der Waals surface area contributed by atoms with E-state index in [1.165, 1.54) is 24.8 Å². The summed E-state index contributed by atoms with van der Waals surface area (Å²) in [6.45, 7) is 7.87. The molecule has 3 rings (SSSR count). The van der Waals surface area contributed by atoms with Gasteiger partial charge in [-0.25, -0.2) is 0 Å². The van der Waals surface area contributed by atoms with Crippen molar-refractivity contribution in [1.29, 1.82) is 0 Å². The Hall–Kier alpha value is -0.810. The summed E-state index contributed by atoms with van der Waals surface area (Å²) >= 11 is 0. The highest BCUT2D eigenvalue weighted by molar-refractivity contribution is 5.85. The molecule has 26 heavy (non-hydrogen) atoms. The first-order chi connectivity index (χ1) is 11.6. The fourth-order valence-corrected chi connectivity index (χ4v) is 4.31. The van der Waals surface area contributed by atoms with Gasteiger partial charge in [0.1, 0.15) is 0 Å². The van der Waals surface area contributed by atoms with Gasteiger partial charge in [0.25, 0.3) is 0 Å². The van der Waals surface area contributed by atoms with Gasteiger partial charge in [0.05, 0.1) is 6.04 Å². The quantitative estimate of drug-likeness (QED) is 0.841. The molecular formula is C20H33Cl2N3O. The van der Waals surface area contributed by atoms with Gasteiger partial charge in [-0.15, -0.1) is 24.8 Å². The second kappa shape index (κ2) is 10.5. The third kappa shape index (κ3) is 5.13. The van der Waals surface area contributed by atoms with Crippen molar-refractivity contribution < 1.29 is 4.79 Å². The Morgan fingerprint density at radius 3 is 2.23 bits per heavy atom. The van der Waals surface area contributed by atoms with Crippen LogP contribution in [0.4, 0.5) is 0 Å². The molecule has 6 heteroatoms. The maximum Gasteiger partial charge on any atom is 0.240 e. The molecule has 3 atom stereocenters. The smallest absolute Gasteiger partial charge is 0.240 e. The summed E-state index contributed by atoms with van der Waals surface area (Å²) in [6, 6.07) is 10.4. The maximum absolute atomic E-state index is 13.2. The van der Waals surface area contributed by atoms with E-state index in [4.69, 9.17) is 5.73 Å². The lowest BCUT2D eigenvalue weighted by Crippen LogP contribution is -2.52. The Morgan fingerprint density at radius 2 is 1.65 bits per heavy atom. The number of carbonyl (C=O) groups excluding carboxylic acids is 1. The van der Waals surface area contributed by atoms with E-state index in [0.717, 1.165) is 19.6 Å². The van der Waals surface area contributed by atoms with Gasteiger partial charge in [0.2, 0.25) is 5.91 Å². The zero-order valence-corrected chi connectivity index (χ0v) is 17.5. The van der Waals surface area contributed by atoms with Crippen LogP contribution >= 0.6 is 24.8 Å². The molecule has 4 nitrogen and oxygen atoms in total. The van der Waals surface area contributed by atoms with E-state index >= 15 is 0 Å². The van der Waals surface area contributed by atoms with Crippen molar-refractivity contribution in [2.45, 2.75) is 51.1 Å². The number of hydrogen-bond acceptors (Lipinski definition) is 3. The number of rotatable bonds is 4. The topological polar surface area (TPSA) is 49.6 Å². The molecule has 0 aliphatic carbocycles. The molecule has 1 aromatic carbocycles. The van der Waals surface area contributed by atoms with Crippen LogP contribution in [-0.4, -0.2) is 54.0 Å². The zero-order chi connectivity index (χ0) is 17.1. The fourth-order valence-electron chi connectivity index (χ4n) is 4.31. The summed E-state index contributed by atoms with van der Waals surface area (Å²) < 4.78 is 0. The molecule has 0 aromatic heterocycles. The minimum atomic E-state index is 0. The lowest BCUT2D eigenvalue weighted by molar-refractivity contribution is -0.138. The van der Waals surface area contributed by atoms with Gasteiger partial charge in [-0.05, 0) is 37.4 Å². The standard InChI is InChI=1S/C20H31N3O.2ClH/c1-15(2)19(22-11-7-4-8-12-22)20(24)23-13-17(18(21)14-23)16-9-5-3-6-10-16;;/h3,5-6,9-10,15,17-19H,4,7-8,11-14,21H2,1-2H3;2*1H/t17-,18+,19?;;/m0../s1. The number of benzene rings is 1. The Bertz CT molecular complexity index is 549. The van der Waals surface area contributed by atoms with Gasteiger partial charge in [0.15, 0.2) is 0 Å². The Kier molecular flexibility index (Phi) is 9.39. The largest absolute Gasteiger partial charge is 0.339 e. The highest BCUT2D eigenvalue weighted by atomic mass is 35.5. The van der Waals surface area contributed by atoms with Crippen molar-refractivity contribution in [3.8, 4) is 0 Å². The summed E-state index contributed by atoms with van der Waals surface area (Å²) in [6.07, 6.45) is 3.71. The monoisotopic (exact) mass is 401 g/mol. The van der Waals surface area contributed by atoms with E-state index in [1.807, 2.05) is 11.0 Å². The first kappa shape index (κ1) is 23.2. The Morgan fingerprint density at radius 1 is 1.04 bits per heavy atom. The molecule has 0 saturated carbocycles. The summed E-state index contributed by atoms with van der Waals surface area (Å²) in [5.74, 6) is 0.868. The maximum atomic E-state index is 13.2. The van der Waals surface area contributed by atoms with Crippen molar-refractivity contribution in [3.63, 3.8) is 0 Å². The molecule has 1 amide bonds. The molecule has 2 aliphatic heterocycles. The van der Waals surface area contributed by atoms with E-state index in [9.17, 15) is 4.79 Å². The lowest BCUT2D eigenvalue weighted by atomic mass is 9.95.